The number of ether oxygens (including phenoxy) is 2. The van der Waals surface area contributed by atoms with E-state index < -0.39 is 11.7 Å². The van der Waals surface area contributed by atoms with Gasteiger partial charge in [-0.2, -0.15) is 0 Å². The monoisotopic (exact) mass is 404 g/mol. The number of rotatable bonds is 1. The molecule has 1 fully saturated rings. The van der Waals surface area contributed by atoms with Crippen molar-refractivity contribution in [3.63, 3.8) is 0 Å². The lowest BCUT2D eigenvalue weighted by molar-refractivity contribution is 0.0171. The first kappa shape index (κ1) is 18.0. The number of benzene rings is 2. The second-order valence-electron chi connectivity index (χ2n) is 9.50. The minimum Gasteiger partial charge on any atom is -0.489 e. The molecule has 2 aromatic carbocycles. The van der Waals surface area contributed by atoms with E-state index in [0.29, 0.717) is 16.9 Å². The fraction of sp³-hybridized carbons (Fsp3) is 0.400. The highest BCUT2D eigenvalue weighted by atomic mass is 16.5. The summed E-state index contributed by atoms with van der Waals surface area (Å²) in [6.07, 6.45) is -0.876. The second-order valence-corrected chi connectivity index (χ2v) is 9.50. The zero-order chi connectivity index (χ0) is 20.9. The lowest BCUT2D eigenvalue weighted by Gasteiger charge is -2.35. The summed E-state index contributed by atoms with van der Waals surface area (Å²) in [5.41, 5.74) is 3.20. The van der Waals surface area contributed by atoms with Crippen LogP contribution < -0.4 is 15.1 Å². The van der Waals surface area contributed by atoms with Crippen LogP contribution in [0.15, 0.2) is 45.6 Å². The van der Waals surface area contributed by atoms with Crippen molar-refractivity contribution < 1.29 is 19.0 Å². The van der Waals surface area contributed by atoms with Crippen LogP contribution >= 0.6 is 0 Å². The zero-order valence-corrected chi connectivity index (χ0v) is 17.4. The molecule has 3 aliphatic rings. The van der Waals surface area contributed by atoms with Crippen molar-refractivity contribution in [2.24, 2.45) is 11.3 Å². The average molecular weight is 404 g/mol. The van der Waals surface area contributed by atoms with Crippen molar-refractivity contribution in [2.45, 2.75) is 51.9 Å². The molecule has 30 heavy (non-hydrogen) atoms. The standard InChI is InChI=1S/C25H24O5/c1-11-12(2)28-23-17-19-24(25(19,3)4)30-21(17)16-14(13-8-6-5-7-9-13)10-15(26)29-22(16)18(23)20(11)27/h5-12,19-20,24,27H,1-4H3/t11-,12+,19?,20+,24?/m1/s1. The molecule has 0 saturated heterocycles. The molecule has 0 spiro atoms. The molecule has 3 heterocycles. The third-order valence-electron chi connectivity index (χ3n) is 7.37. The molecule has 5 atom stereocenters. The van der Waals surface area contributed by atoms with Crippen molar-refractivity contribution in [1.82, 2.24) is 0 Å². The van der Waals surface area contributed by atoms with Gasteiger partial charge in [0, 0.05) is 34.4 Å². The van der Waals surface area contributed by atoms with Gasteiger partial charge in [-0.1, -0.05) is 51.1 Å². The molecule has 2 aliphatic heterocycles. The molecule has 6 rings (SSSR count). The van der Waals surface area contributed by atoms with Gasteiger partial charge in [-0.3, -0.25) is 0 Å². The first-order chi connectivity index (χ1) is 14.3. The molecule has 1 aromatic heterocycles. The minimum absolute atomic E-state index is 0.0115. The van der Waals surface area contributed by atoms with Crippen molar-refractivity contribution >= 4 is 11.0 Å². The minimum atomic E-state index is -0.786. The predicted molar refractivity (Wildman–Crippen MR) is 113 cm³/mol. The molecule has 0 bridgehead atoms. The highest BCUT2D eigenvalue weighted by Gasteiger charge is 2.67. The molecule has 5 nitrogen and oxygen atoms in total. The van der Waals surface area contributed by atoms with E-state index in [1.54, 1.807) is 0 Å². The van der Waals surface area contributed by atoms with Gasteiger partial charge in [0.2, 0.25) is 0 Å². The Kier molecular flexibility index (Phi) is 3.40. The fourth-order valence-corrected chi connectivity index (χ4v) is 5.31. The summed E-state index contributed by atoms with van der Waals surface area (Å²) >= 11 is 0. The van der Waals surface area contributed by atoms with E-state index >= 15 is 0 Å². The van der Waals surface area contributed by atoms with Gasteiger partial charge in [0.1, 0.15) is 23.7 Å². The Morgan fingerprint density at radius 3 is 2.47 bits per heavy atom. The summed E-state index contributed by atoms with van der Waals surface area (Å²) in [6.45, 7) is 8.30. The van der Waals surface area contributed by atoms with E-state index in [1.807, 2.05) is 44.2 Å². The van der Waals surface area contributed by atoms with Gasteiger partial charge in [0.05, 0.1) is 17.1 Å². The Hall–Kier alpha value is -2.79. The van der Waals surface area contributed by atoms with Gasteiger partial charge in [0.25, 0.3) is 0 Å². The van der Waals surface area contributed by atoms with Crippen LogP contribution in [0.5, 0.6) is 11.5 Å². The van der Waals surface area contributed by atoms with Crippen molar-refractivity contribution in [3.8, 4) is 22.6 Å². The van der Waals surface area contributed by atoms with E-state index in [1.165, 1.54) is 6.07 Å². The van der Waals surface area contributed by atoms with Gasteiger partial charge in [0.15, 0.2) is 5.58 Å². The third kappa shape index (κ3) is 2.13. The normalized spacial score (nSPS) is 30.1. The Bertz CT molecular complexity index is 1260. The van der Waals surface area contributed by atoms with Crippen LogP contribution in [0.2, 0.25) is 0 Å². The number of hydrogen-bond donors (Lipinski definition) is 1. The Morgan fingerprint density at radius 1 is 1.00 bits per heavy atom. The lowest BCUT2D eigenvalue weighted by Crippen LogP contribution is -2.33. The van der Waals surface area contributed by atoms with Crippen LogP contribution in [0.25, 0.3) is 22.1 Å². The maximum atomic E-state index is 12.6. The van der Waals surface area contributed by atoms with Gasteiger partial charge < -0.3 is 19.0 Å². The van der Waals surface area contributed by atoms with Gasteiger partial charge in [-0.05, 0) is 12.5 Å². The molecule has 5 heteroatoms. The fourth-order valence-electron chi connectivity index (χ4n) is 5.31. The predicted octanol–water partition coefficient (Wildman–Crippen LogP) is 4.79. The van der Waals surface area contributed by atoms with E-state index in [4.69, 9.17) is 13.9 Å². The SMILES string of the molecule is C[C@@H]1[C@H](C)Oc2c3c(c4c(-c5ccccc5)cc(=O)oc4c2[C@H]1O)OC1C3C1(C)C. The molecule has 1 saturated carbocycles. The van der Waals surface area contributed by atoms with Crippen LogP contribution in [-0.2, 0) is 0 Å². The summed E-state index contributed by atoms with van der Waals surface area (Å²) in [6, 6.07) is 11.3. The summed E-state index contributed by atoms with van der Waals surface area (Å²) in [5, 5.41) is 12.0. The first-order valence-corrected chi connectivity index (χ1v) is 10.5. The molecular weight excluding hydrogens is 380 g/mol. The van der Waals surface area contributed by atoms with Crippen LogP contribution in [0, 0.1) is 11.3 Å². The molecule has 154 valence electrons. The number of aliphatic hydroxyl groups is 1. The molecule has 1 aliphatic carbocycles. The highest BCUT2D eigenvalue weighted by Crippen LogP contribution is 2.71. The summed E-state index contributed by atoms with van der Waals surface area (Å²) in [4.78, 5) is 12.6. The van der Waals surface area contributed by atoms with Crippen LogP contribution in [0.1, 0.15) is 50.8 Å². The Morgan fingerprint density at radius 2 is 1.73 bits per heavy atom. The number of hydrogen-bond acceptors (Lipinski definition) is 5. The van der Waals surface area contributed by atoms with E-state index in [-0.39, 0.29) is 29.5 Å². The Balaban J connectivity index is 1.77. The zero-order valence-electron chi connectivity index (χ0n) is 17.4. The highest BCUT2D eigenvalue weighted by molar-refractivity contribution is 6.03. The average Bonchev–Trinajstić information content (AvgIpc) is 3.06. The van der Waals surface area contributed by atoms with Crippen molar-refractivity contribution in [3.05, 3.63) is 57.9 Å². The largest absolute Gasteiger partial charge is 0.489 e. The molecule has 0 radical (unpaired) electrons. The van der Waals surface area contributed by atoms with E-state index in [2.05, 4.69) is 13.8 Å². The van der Waals surface area contributed by atoms with E-state index in [9.17, 15) is 9.90 Å². The van der Waals surface area contributed by atoms with Crippen molar-refractivity contribution in [2.75, 3.05) is 0 Å². The second kappa shape index (κ2) is 5.67. The molecule has 2 unspecified atom stereocenters. The smallest absolute Gasteiger partial charge is 0.336 e. The maximum absolute atomic E-state index is 12.6. The van der Waals surface area contributed by atoms with E-state index in [0.717, 1.165) is 27.8 Å². The summed E-state index contributed by atoms with van der Waals surface area (Å²) < 4.78 is 18.5. The van der Waals surface area contributed by atoms with Gasteiger partial charge in [-0.25, -0.2) is 4.79 Å². The number of fused-ring (bicyclic) bond motifs is 8. The number of aliphatic hydroxyl groups excluding tert-OH is 1. The Labute approximate surface area is 174 Å². The van der Waals surface area contributed by atoms with Crippen LogP contribution in [-0.4, -0.2) is 17.3 Å². The quantitative estimate of drug-likeness (QED) is 0.591. The topological polar surface area (TPSA) is 68.9 Å². The first-order valence-electron chi connectivity index (χ1n) is 10.5. The molecule has 3 aromatic rings. The van der Waals surface area contributed by atoms with Crippen molar-refractivity contribution in [1.29, 1.82) is 0 Å². The van der Waals surface area contributed by atoms with Crippen LogP contribution in [0.3, 0.4) is 0 Å². The van der Waals surface area contributed by atoms with Gasteiger partial charge in [-0.15, -0.1) is 0 Å². The summed E-state index contributed by atoms with van der Waals surface area (Å²) in [7, 11) is 0. The molecule has 0 amide bonds. The molecule has 1 N–H and O–H groups in total. The summed E-state index contributed by atoms with van der Waals surface area (Å²) in [5.74, 6) is 1.44. The lowest BCUT2D eigenvalue weighted by atomic mass is 9.84. The third-order valence-corrected chi connectivity index (χ3v) is 7.37. The maximum Gasteiger partial charge on any atom is 0.336 e. The van der Waals surface area contributed by atoms with Gasteiger partial charge >= 0.3 is 5.63 Å². The molecular formula is C25H24O5. The van der Waals surface area contributed by atoms with Crippen LogP contribution in [0.4, 0.5) is 0 Å².